The molecule has 2 aromatic carbocycles. The molecule has 2 rings (SSSR count). The molecule has 2 aromatic rings. The molecule has 0 aliphatic heterocycles. The van der Waals surface area contributed by atoms with Crippen molar-refractivity contribution in [2.75, 3.05) is 24.3 Å². The van der Waals surface area contributed by atoms with Crippen LogP contribution in [0.5, 0.6) is 0 Å². The third-order valence-corrected chi connectivity index (χ3v) is 3.32. The Morgan fingerprint density at radius 3 is 2.21 bits per heavy atom. The van der Waals surface area contributed by atoms with Gasteiger partial charge in [-0.1, -0.05) is 35.3 Å². The summed E-state index contributed by atoms with van der Waals surface area (Å²) in [6.45, 7) is 0.734. The predicted molar refractivity (Wildman–Crippen MR) is 84.6 cm³/mol. The number of hydrogen-bond donors (Lipinski definition) is 1. The van der Waals surface area contributed by atoms with Crippen molar-refractivity contribution in [1.82, 2.24) is 0 Å². The minimum atomic E-state index is 0.726. The van der Waals surface area contributed by atoms with Gasteiger partial charge in [-0.2, -0.15) is 0 Å². The quantitative estimate of drug-likeness (QED) is 0.881. The predicted octanol–water partition coefficient (Wildman–Crippen LogP) is 4.67. The Hall–Kier alpha value is -1.38. The van der Waals surface area contributed by atoms with Crippen LogP contribution in [0.15, 0.2) is 42.5 Å². The molecule has 0 fully saturated rings. The molecule has 4 heteroatoms. The lowest BCUT2D eigenvalue weighted by molar-refractivity contribution is 1.10. The molecule has 0 aromatic heterocycles. The standard InChI is InChI=1S/C15H16Cl2N2/c1-19(2)15-8-7-13(17)9-14(15)18-10-11-3-5-12(16)6-4-11/h3-9,18H,10H2,1-2H3. The van der Waals surface area contributed by atoms with Crippen LogP contribution < -0.4 is 10.2 Å². The second-order valence-corrected chi connectivity index (χ2v) is 5.41. The Morgan fingerprint density at radius 2 is 1.58 bits per heavy atom. The zero-order valence-corrected chi connectivity index (χ0v) is 12.5. The van der Waals surface area contributed by atoms with Crippen LogP contribution in [-0.4, -0.2) is 14.1 Å². The van der Waals surface area contributed by atoms with Gasteiger partial charge in [-0.05, 0) is 35.9 Å². The summed E-state index contributed by atoms with van der Waals surface area (Å²) >= 11 is 11.9. The van der Waals surface area contributed by atoms with Gasteiger partial charge in [0.2, 0.25) is 0 Å². The van der Waals surface area contributed by atoms with Crippen molar-refractivity contribution in [1.29, 1.82) is 0 Å². The molecular formula is C15H16Cl2N2. The number of anilines is 2. The van der Waals surface area contributed by atoms with Crippen molar-refractivity contribution < 1.29 is 0 Å². The van der Waals surface area contributed by atoms with Crippen LogP contribution in [0.3, 0.4) is 0 Å². The topological polar surface area (TPSA) is 15.3 Å². The van der Waals surface area contributed by atoms with E-state index in [1.807, 2.05) is 56.6 Å². The van der Waals surface area contributed by atoms with Gasteiger partial charge in [0.1, 0.15) is 0 Å². The highest BCUT2D eigenvalue weighted by atomic mass is 35.5. The molecule has 0 saturated carbocycles. The lowest BCUT2D eigenvalue weighted by Gasteiger charge is -2.19. The zero-order chi connectivity index (χ0) is 13.8. The summed E-state index contributed by atoms with van der Waals surface area (Å²) in [5.74, 6) is 0. The number of benzene rings is 2. The Labute approximate surface area is 123 Å². The average molecular weight is 295 g/mol. The fourth-order valence-corrected chi connectivity index (χ4v) is 2.14. The van der Waals surface area contributed by atoms with Crippen LogP contribution in [0, 0.1) is 0 Å². The largest absolute Gasteiger partial charge is 0.379 e. The van der Waals surface area contributed by atoms with Gasteiger partial charge in [-0.15, -0.1) is 0 Å². The lowest BCUT2D eigenvalue weighted by Crippen LogP contribution is -2.12. The first-order valence-corrected chi connectivity index (χ1v) is 6.77. The highest BCUT2D eigenvalue weighted by Crippen LogP contribution is 2.28. The fraction of sp³-hybridized carbons (Fsp3) is 0.200. The summed E-state index contributed by atoms with van der Waals surface area (Å²) in [6.07, 6.45) is 0. The van der Waals surface area contributed by atoms with Crippen molar-refractivity contribution in [3.8, 4) is 0 Å². The third-order valence-electron chi connectivity index (χ3n) is 2.84. The summed E-state index contributed by atoms with van der Waals surface area (Å²) in [5.41, 5.74) is 3.31. The molecule has 0 saturated heterocycles. The van der Waals surface area contributed by atoms with Crippen LogP contribution in [0.2, 0.25) is 10.0 Å². The number of hydrogen-bond acceptors (Lipinski definition) is 2. The maximum atomic E-state index is 6.05. The maximum absolute atomic E-state index is 6.05. The summed E-state index contributed by atoms with van der Waals surface area (Å²) in [6, 6.07) is 13.6. The van der Waals surface area contributed by atoms with Gasteiger partial charge in [0, 0.05) is 30.7 Å². The van der Waals surface area contributed by atoms with Gasteiger partial charge in [0.15, 0.2) is 0 Å². The first kappa shape index (κ1) is 14.0. The first-order chi connectivity index (χ1) is 9.06. The Morgan fingerprint density at radius 1 is 0.947 bits per heavy atom. The summed E-state index contributed by atoms with van der Waals surface area (Å²) in [5, 5.41) is 4.88. The van der Waals surface area contributed by atoms with Crippen LogP contribution in [-0.2, 0) is 6.54 Å². The first-order valence-electron chi connectivity index (χ1n) is 6.01. The van der Waals surface area contributed by atoms with E-state index in [0.29, 0.717) is 0 Å². The van der Waals surface area contributed by atoms with E-state index >= 15 is 0 Å². The van der Waals surface area contributed by atoms with E-state index < -0.39 is 0 Å². The van der Waals surface area contributed by atoms with E-state index in [0.717, 1.165) is 28.0 Å². The molecule has 0 aliphatic rings. The average Bonchev–Trinajstić information content (AvgIpc) is 2.38. The smallest absolute Gasteiger partial charge is 0.0597 e. The van der Waals surface area contributed by atoms with Crippen molar-refractivity contribution in [2.24, 2.45) is 0 Å². The van der Waals surface area contributed by atoms with Crippen LogP contribution >= 0.6 is 23.2 Å². The number of nitrogens with zero attached hydrogens (tertiary/aromatic N) is 1. The van der Waals surface area contributed by atoms with E-state index in [1.54, 1.807) is 0 Å². The molecule has 0 spiro atoms. The highest BCUT2D eigenvalue weighted by Gasteiger charge is 2.05. The van der Waals surface area contributed by atoms with Gasteiger partial charge in [0.25, 0.3) is 0 Å². The summed E-state index contributed by atoms with van der Waals surface area (Å²) in [4.78, 5) is 2.06. The van der Waals surface area contributed by atoms with E-state index in [2.05, 4.69) is 10.2 Å². The Kier molecular flexibility index (Phi) is 4.56. The summed E-state index contributed by atoms with van der Waals surface area (Å²) < 4.78 is 0. The van der Waals surface area contributed by atoms with Gasteiger partial charge in [-0.25, -0.2) is 0 Å². The van der Waals surface area contributed by atoms with E-state index in [1.165, 1.54) is 5.56 Å². The van der Waals surface area contributed by atoms with E-state index in [-0.39, 0.29) is 0 Å². The van der Waals surface area contributed by atoms with Crippen molar-refractivity contribution in [3.63, 3.8) is 0 Å². The van der Waals surface area contributed by atoms with Gasteiger partial charge < -0.3 is 10.2 Å². The summed E-state index contributed by atoms with van der Waals surface area (Å²) in [7, 11) is 4.02. The fourth-order valence-electron chi connectivity index (χ4n) is 1.84. The highest BCUT2D eigenvalue weighted by molar-refractivity contribution is 6.31. The SMILES string of the molecule is CN(C)c1ccc(Cl)cc1NCc1ccc(Cl)cc1. The molecule has 0 unspecified atom stereocenters. The van der Waals surface area contributed by atoms with Gasteiger partial charge in [-0.3, -0.25) is 0 Å². The Bertz CT molecular complexity index is 551. The van der Waals surface area contributed by atoms with Crippen LogP contribution in [0.1, 0.15) is 5.56 Å². The van der Waals surface area contributed by atoms with Gasteiger partial charge >= 0.3 is 0 Å². The normalized spacial score (nSPS) is 10.3. The molecule has 0 heterocycles. The molecule has 1 N–H and O–H groups in total. The zero-order valence-electron chi connectivity index (χ0n) is 11.0. The molecule has 2 nitrogen and oxygen atoms in total. The van der Waals surface area contributed by atoms with Crippen molar-refractivity contribution in [2.45, 2.75) is 6.54 Å². The van der Waals surface area contributed by atoms with Crippen LogP contribution in [0.25, 0.3) is 0 Å². The molecular weight excluding hydrogens is 279 g/mol. The molecule has 0 radical (unpaired) electrons. The van der Waals surface area contributed by atoms with E-state index in [9.17, 15) is 0 Å². The van der Waals surface area contributed by atoms with Gasteiger partial charge in [0.05, 0.1) is 11.4 Å². The monoisotopic (exact) mass is 294 g/mol. The maximum Gasteiger partial charge on any atom is 0.0597 e. The molecule has 0 aliphatic carbocycles. The minimum absolute atomic E-state index is 0.726. The number of rotatable bonds is 4. The second kappa shape index (κ2) is 6.18. The molecule has 0 amide bonds. The lowest BCUT2D eigenvalue weighted by atomic mass is 10.2. The second-order valence-electron chi connectivity index (χ2n) is 4.54. The minimum Gasteiger partial charge on any atom is -0.379 e. The molecule has 19 heavy (non-hydrogen) atoms. The molecule has 0 atom stereocenters. The number of nitrogens with one attached hydrogen (secondary N) is 1. The molecule has 0 bridgehead atoms. The number of halogens is 2. The van der Waals surface area contributed by atoms with Crippen molar-refractivity contribution in [3.05, 3.63) is 58.1 Å². The molecule has 100 valence electrons. The third kappa shape index (κ3) is 3.79. The van der Waals surface area contributed by atoms with E-state index in [4.69, 9.17) is 23.2 Å². The van der Waals surface area contributed by atoms with Crippen molar-refractivity contribution >= 4 is 34.6 Å². The Balaban J connectivity index is 2.14. The van der Waals surface area contributed by atoms with Crippen LogP contribution in [0.4, 0.5) is 11.4 Å².